The molecule has 10 heteroatoms. The van der Waals surface area contributed by atoms with Gasteiger partial charge in [-0.05, 0) is 22.0 Å². The Hall–Kier alpha value is -2.62. The minimum absolute atomic E-state index is 0.0188. The SMILES string of the molecule is CN(Cc1nn(C)cc1Br)C(=O)Cn1ccc2c(=O)n(C)c(=O)n(C)c21. The third kappa shape index (κ3) is 3.00. The molecular formula is C16H19BrN6O3. The first-order valence-electron chi connectivity index (χ1n) is 7.87. The van der Waals surface area contributed by atoms with Crippen molar-refractivity contribution < 1.29 is 4.79 Å². The molecule has 0 bridgehead atoms. The van der Waals surface area contributed by atoms with Crippen molar-refractivity contribution in [1.29, 1.82) is 0 Å². The Morgan fingerprint density at radius 1 is 1.23 bits per heavy atom. The molecule has 0 N–H and O–H groups in total. The van der Waals surface area contributed by atoms with Crippen molar-refractivity contribution in [3.05, 3.63) is 49.5 Å². The number of hydrogen-bond donors (Lipinski definition) is 0. The van der Waals surface area contributed by atoms with E-state index in [1.807, 2.05) is 13.2 Å². The Balaban J connectivity index is 1.89. The number of carbonyl (C=O) groups is 1. The van der Waals surface area contributed by atoms with E-state index in [9.17, 15) is 14.4 Å². The third-order valence-corrected chi connectivity index (χ3v) is 5.00. The van der Waals surface area contributed by atoms with E-state index >= 15 is 0 Å². The van der Waals surface area contributed by atoms with Gasteiger partial charge >= 0.3 is 5.69 Å². The summed E-state index contributed by atoms with van der Waals surface area (Å²) < 4.78 is 6.54. The van der Waals surface area contributed by atoms with Crippen LogP contribution < -0.4 is 11.2 Å². The monoisotopic (exact) mass is 422 g/mol. The Labute approximate surface area is 157 Å². The molecular weight excluding hydrogens is 404 g/mol. The zero-order valence-electron chi connectivity index (χ0n) is 14.9. The minimum Gasteiger partial charge on any atom is -0.338 e. The van der Waals surface area contributed by atoms with E-state index in [0.717, 1.165) is 14.7 Å². The van der Waals surface area contributed by atoms with E-state index in [4.69, 9.17) is 0 Å². The van der Waals surface area contributed by atoms with Crippen LogP contribution in [0.2, 0.25) is 0 Å². The van der Waals surface area contributed by atoms with E-state index in [1.54, 1.807) is 40.5 Å². The lowest BCUT2D eigenvalue weighted by Crippen LogP contribution is -2.37. The van der Waals surface area contributed by atoms with Gasteiger partial charge in [-0.25, -0.2) is 4.79 Å². The van der Waals surface area contributed by atoms with Gasteiger partial charge in [0.1, 0.15) is 12.2 Å². The minimum atomic E-state index is -0.430. The highest BCUT2D eigenvalue weighted by atomic mass is 79.9. The first-order valence-corrected chi connectivity index (χ1v) is 8.67. The van der Waals surface area contributed by atoms with Gasteiger partial charge in [-0.3, -0.25) is 23.4 Å². The van der Waals surface area contributed by atoms with Gasteiger partial charge in [0.25, 0.3) is 5.56 Å². The highest BCUT2D eigenvalue weighted by Gasteiger charge is 2.17. The van der Waals surface area contributed by atoms with Crippen LogP contribution in [0.3, 0.4) is 0 Å². The van der Waals surface area contributed by atoms with Gasteiger partial charge in [-0.15, -0.1) is 0 Å². The zero-order chi connectivity index (χ0) is 19.2. The standard InChI is InChI=1S/C16H19BrN6O3/c1-19(8-12-11(17)7-20(2)18-12)13(24)9-23-6-5-10-14(23)21(3)16(26)22(4)15(10)25/h5-7H,8-9H2,1-4H3. The van der Waals surface area contributed by atoms with E-state index < -0.39 is 5.69 Å². The number of likely N-dealkylation sites (N-methyl/N-ethyl adjacent to an activating group) is 1. The summed E-state index contributed by atoms with van der Waals surface area (Å²) in [6.07, 6.45) is 3.46. The fourth-order valence-corrected chi connectivity index (χ4v) is 3.41. The highest BCUT2D eigenvalue weighted by molar-refractivity contribution is 9.10. The summed E-state index contributed by atoms with van der Waals surface area (Å²) in [5.41, 5.74) is 0.376. The van der Waals surface area contributed by atoms with Gasteiger partial charge in [-0.2, -0.15) is 5.10 Å². The number of amides is 1. The van der Waals surface area contributed by atoms with Crippen LogP contribution in [0.1, 0.15) is 5.69 Å². The molecule has 0 fully saturated rings. The molecule has 3 rings (SSSR count). The number of aromatic nitrogens is 5. The van der Waals surface area contributed by atoms with Crippen molar-refractivity contribution >= 4 is 32.9 Å². The van der Waals surface area contributed by atoms with Crippen molar-refractivity contribution in [2.45, 2.75) is 13.1 Å². The first kappa shape index (κ1) is 18.2. The van der Waals surface area contributed by atoms with Crippen molar-refractivity contribution in [3.8, 4) is 0 Å². The summed E-state index contributed by atoms with van der Waals surface area (Å²) in [7, 11) is 6.52. The van der Waals surface area contributed by atoms with Gasteiger partial charge in [0.15, 0.2) is 0 Å². The maximum Gasteiger partial charge on any atom is 0.332 e. The maximum absolute atomic E-state index is 12.6. The second-order valence-corrected chi connectivity index (χ2v) is 7.09. The number of halogens is 1. The number of nitrogens with zero attached hydrogens (tertiary/aromatic N) is 6. The maximum atomic E-state index is 12.6. The zero-order valence-corrected chi connectivity index (χ0v) is 16.5. The Bertz CT molecular complexity index is 1120. The van der Waals surface area contributed by atoms with Gasteiger partial charge in [0.05, 0.1) is 22.1 Å². The van der Waals surface area contributed by atoms with Crippen molar-refractivity contribution in [2.24, 2.45) is 21.1 Å². The molecule has 0 aliphatic carbocycles. The molecule has 0 radical (unpaired) electrons. The average molecular weight is 423 g/mol. The van der Waals surface area contributed by atoms with Gasteiger partial charge < -0.3 is 9.47 Å². The Morgan fingerprint density at radius 2 is 1.92 bits per heavy atom. The van der Waals surface area contributed by atoms with Crippen LogP contribution in [0.25, 0.3) is 11.0 Å². The quantitative estimate of drug-likeness (QED) is 0.600. The molecule has 0 saturated carbocycles. The fraction of sp³-hybridized carbons (Fsp3) is 0.375. The summed E-state index contributed by atoms with van der Waals surface area (Å²) in [4.78, 5) is 38.6. The molecule has 0 atom stereocenters. The van der Waals surface area contributed by atoms with Crippen molar-refractivity contribution in [1.82, 2.24) is 28.4 Å². The summed E-state index contributed by atoms with van der Waals surface area (Å²) in [6.45, 7) is 0.366. The summed E-state index contributed by atoms with van der Waals surface area (Å²) in [6, 6.07) is 1.62. The van der Waals surface area contributed by atoms with Crippen LogP contribution in [-0.4, -0.2) is 41.3 Å². The van der Waals surface area contributed by atoms with Crippen LogP contribution in [0.15, 0.2) is 32.5 Å². The van der Waals surface area contributed by atoms with Crippen LogP contribution >= 0.6 is 15.9 Å². The summed E-state index contributed by atoms with van der Waals surface area (Å²) in [5, 5.41) is 4.71. The number of aryl methyl sites for hydroxylation is 2. The highest BCUT2D eigenvalue weighted by Crippen LogP contribution is 2.16. The summed E-state index contributed by atoms with van der Waals surface area (Å²) >= 11 is 3.42. The molecule has 3 aromatic heterocycles. The van der Waals surface area contributed by atoms with Crippen LogP contribution in [0, 0.1) is 0 Å². The van der Waals surface area contributed by atoms with Gasteiger partial charge in [0.2, 0.25) is 5.91 Å². The van der Waals surface area contributed by atoms with Gasteiger partial charge in [-0.1, -0.05) is 0 Å². The largest absolute Gasteiger partial charge is 0.338 e. The fourth-order valence-electron chi connectivity index (χ4n) is 2.91. The molecule has 9 nitrogen and oxygen atoms in total. The molecule has 0 aromatic carbocycles. The third-order valence-electron chi connectivity index (χ3n) is 4.33. The number of carbonyl (C=O) groups excluding carboxylic acids is 1. The van der Waals surface area contributed by atoms with E-state index in [1.165, 1.54) is 11.6 Å². The lowest BCUT2D eigenvalue weighted by molar-refractivity contribution is -0.131. The number of rotatable bonds is 4. The average Bonchev–Trinajstić information content (AvgIpc) is 3.14. The van der Waals surface area contributed by atoms with Crippen LogP contribution in [0.4, 0.5) is 0 Å². The molecule has 3 aromatic rings. The van der Waals surface area contributed by atoms with Gasteiger partial charge in [0, 0.05) is 40.6 Å². The van der Waals surface area contributed by atoms with Crippen molar-refractivity contribution in [3.63, 3.8) is 0 Å². The smallest absolute Gasteiger partial charge is 0.332 e. The summed E-state index contributed by atoms with van der Waals surface area (Å²) in [5.74, 6) is -0.159. The molecule has 0 saturated heterocycles. The van der Waals surface area contributed by atoms with E-state index in [-0.39, 0.29) is 18.0 Å². The lowest BCUT2D eigenvalue weighted by atomic mass is 10.4. The number of fused-ring (bicyclic) bond motifs is 1. The molecule has 138 valence electrons. The Morgan fingerprint density at radius 3 is 2.54 bits per heavy atom. The molecule has 0 aliphatic rings. The molecule has 0 spiro atoms. The Kier molecular flexibility index (Phi) is 4.61. The van der Waals surface area contributed by atoms with E-state index in [0.29, 0.717) is 17.6 Å². The topological polar surface area (TPSA) is 87.1 Å². The predicted octanol–water partition coefficient (Wildman–Crippen LogP) is 0.193. The van der Waals surface area contributed by atoms with Crippen LogP contribution in [0.5, 0.6) is 0 Å². The van der Waals surface area contributed by atoms with Crippen LogP contribution in [-0.2, 0) is 39.0 Å². The van der Waals surface area contributed by atoms with Crippen molar-refractivity contribution in [2.75, 3.05) is 7.05 Å². The first-order chi connectivity index (χ1) is 12.2. The lowest BCUT2D eigenvalue weighted by Gasteiger charge is -2.17. The molecule has 1 amide bonds. The predicted molar refractivity (Wildman–Crippen MR) is 99.8 cm³/mol. The molecule has 3 heterocycles. The van der Waals surface area contributed by atoms with E-state index in [2.05, 4.69) is 21.0 Å². The normalized spacial score (nSPS) is 11.3. The molecule has 26 heavy (non-hydrogen) atoms. The number of hydrogen-bond acceptors (Lipinski definition) is 4. The molecule has 0 unspecified atom stereocenters. The second-order valence-electron chi connectivity index (χ2n) is 6.23. The second kappa shape index (κ2) is 6.60. The molecule has 0 aliphatic heterocycles.